The number of methoxy groups -OCH3 is 1. The molecule has 0 aromatic heterocycles. The Morgan fingerprint density at radius 1 is 1.06 bits per heavy atom. The van der Waals surface area contributed by atoms with Gasteiger partial charge in [0.15, 0.2) is 0 Å². The molecule has 0 spiro atoms. The van der Waals surface area contributed by atoms with E-state index in [0.29, 0.717) is 6.42 Å². The van der Waals surface area contributed by atoms with Crippen LogP contribution in [0.4, 0.5) is 4.39 Å². The summed E-state index contributed by atoms with van der Waals surface area (Å²) in [5, 5.41) is 0. The van der Waals surface area contributed by atoms with Gasteiger partial charge in [-0.25, -0.2) is 4.39 Å². The van der Waals surface area contributed by atoms with Crippen molar-refractivity contribution in [3.63, 3.8) is 0 Å². The minimum atomic E-state index is -0.225. The highest BCUT2D eigenvalue weighted by Crippen LogP contribution is 2.19. The average molecular weight is 245 g/mol. The van der Waals surface area contributed by atoms with Crippen LogP contribution in [0.25, 0.3) is 0 Å². The number of halogens is 1. The lowest BCUT2D eigenvalue weighted by Gasteiger charge is -2.12. The molecule has 0 fully saturated rings. The van der Waals surface area contributed by atoms with Crippen molar-refractivity contribution in [3.8, 4) is 5.75 Å². The van der Waals surface area contributed by atoms with Gasteiger partial charge in [0.1, 0.15) is 11.6 Å². The Bertz CT molecular complexity index is 493. The number of ether oxygens (including phenoxy) is 1. The summed E-state index contributed by atoms with van der Waals surface area (Å²) in [6.07, 6.45) is 0.687. The second kappa shape index (κ2) is 5.65. The zero-order valence-corrected chi connectivity index (χ0v) is 10.3. The number of hydrogen-bond acceptors (Lipinski definition) is 2. The van der Waals surface area contributed by atoms with E-state index >= 15 is 0 Å². The van der Waals surface area contributed by atoms with Crippen LogP contribution in [0.15, 0.2) is 48.5 Å². The van der Waals surface area contributed by atoms with Crippen LogP contribution >= 0.6 is 0 Å². The first-order valence-electron chi connectivity index (χ1n) is 5.83. The number of hydrogen-bond donors (Lipinski definition) is 1. The van der Waals surface area contributed by atoms with Gasteiger partial charge in [-0.2, -0.15) is 0 Å². The van der Waals surface area contributed by atoms with Crippen LogP contribution in [0, 0.1) is 5.82 Å². The molecule has 2 rings (SSSR count). The molecule has 0 aliphatic rings. The zero-order chi connectivity index (χ0) is 13.0. The van der Waals surface area contributed by atoms with Gasteiger partial charge in [0.05, 0.1) is 7.11 Å². The van der Waals surface area contributed by atoms with Crippen LogP contribution in [0.5, 0.6) is 5.75 Å². The lowest BCUT2D eigenvalue weighted by atomic mass is 10.00. The van der Waals surface area contributed by atoms with Gasteiger partial charge in [0.2, 0.25) is 0 Å². The molecule has 1 atom stereocenters. The summed E-state index contributed by atoms with van der Waals surface area (Å²) in [6.45, 7) is 0. The van der Waals surface area contributed by atoms with E-state index < -0.39 is 0 Å². The van der Waals surface area contributed by atoms with E-state index in [1.165, 1.54) is 12.1 Å². The van der Waals surface area contributed by atoms with Crippen LogP contribution in [-0.2, 0) is 6.42 Å². The molecular weight excluding hydrogens is 229 g/mol. The second-order valence-electron chi connectivity index (χ2n) is 4.21. The van der Waals surface area contributed by atoms with Gasteiger partial charge in [-0.3, -0.25) is 0 Å². The molecule has 0 saturated carbocycles. The van der Waals surface area contributed by atoms with Crippen LogP contribution in [-0.4, -0.2) is 7.11 Å². The van der Waals surface area contributed by atoms with E-state index in [1.807, 2.05) is 24.3 Å². The van der Waals surface area contributed by atoms with Crippen LogP contribution in [0.1, 0.15) is 17.2 Å². The Morgan fingerprint density at radius 2 is 1.67 bits per heavy atom. The van der Waals surface area contributed by atoms with E-state index in [1.54, 1.807) is 19.2 Å². The first-order valence-corrected chi connectivity index (χ1v) is 5.83. The molecule has 0 radical (unpaired) electrons. The van der Waals surface area contributed by atoms with Crippen molar-refractivity contribution in [2.75, 3.05) is 7.11 Å². The highest BCUT2D eigenvalue weighted by molar-refractivity contribution is 5.30. The Labute approximate surface area is 106 Å². The summed E-state index contributed by atoms with van der Waals surface area (Å²) in [4.78, 5) is 0. The summed E-state index contributed by atoms with van der Waals surface area (Å²) in [7, 11) is 1.63. The third-order valence-corrected chi connectivity index (χ3v) is 2.91. The molecule has 0 aliphatic carbocycles. The monoisotopic (exact) mass is 245 g/mol. The maximum Gasteiger partial charge on any atom is 0.123 e. The molecular formula is C15H16FNO. The Hall–Kier alpha value is -1.87. The molecule has 3 heteroatoms. The van der Waals surface area contributed by atoms with Crippen molar-refractivity contribution < 1.29 is 9.13 Å². The van der Waals surface area contributed by atoms with E-state index in [-0.39, 0.29) is 11.9 Å². The molecule has 0 bridgehead atoms. The quantitative estimate of drug-likeness (QED) is 0.898. The largest absolute Gasteiger partial charge is 0.497 e. The SMILES string of the molecule is COc1ccc([C@@H](N)Cc2ccc(F)cc2)cc1. The lowest BCUT2D eigenvalue weighted by molar-refractivity contribution is 0.414. The number of rotatable bonds is 4. The molecule has 2 nitrogen and oxygen atoms in total. The first kappa shape index (κ1) is 12.6. The number of benzene rings is 2. The van der Waals surface area contributed by atoms with Crippen molar-refractivity contribution in [2.45, 2.75) is 12.5 Å². The third-order valence-electron chi connectivity index (χ3n) is 2.91. The molecule has 2 N–H and O–H groups in total. The minimum absolute atomic E-state index is 0.0960. The van der Waals surface area contributed by atoms with Crippen molar-refractivity contribution in [1.29, 1.82) is 0 Å². The highest BCUT2D eigenvalue weighted by atomic mass is 19.1. The van der Waals surface area contributed by atoms with E-state index in [2.05, 4.69) is 0 Å². The Kier molecular flexibility index (Phi) is 3.95. The molecule has 18 heavy (non-hydrogen) atoms. The van der Waals surface area contributed by atoms with Gasteiger partial charge in [-0.05, 0) is 41.8 Å². The molecule has 94 valence electrons. The molecule has 2 aromatic rings. The fourth-order valence-electron chi connectivity index (χ4n) is 1.84. The maximum absolute atomic E-state index is 12.8. The Balaban J connectivity index is 2.06. The summed E-state index contributed by atoms with van der Waals surface area (Å²) in [6, 6.07) is 14.0. The average Bonchev–Trinajstić information content (AvgIpc) is 2.41. The van der Waals surface area contributed by atoms with E-state index in [0.717, 1.165) is 16.9 Å². The molecule has 2 aromatic carbocycles. The predicted octanol–water partition coefficient (Wildman–Crippen LogP) is 3.08. The third kappa shape index (κ3) is 3.08. The van der Waals surface area contributed by atoms with E-state index in [9.17, 15) is 4.39 Å². The molecule has 0 amide bonds. The molecule has 0 heterocycles. The van der Waals surface area contributed by atoms with Gasteiger partial charge < -0.3 is 10.5 Å². The van der Waals surface area contributed by atoms with Crippen LogP contribution < -0.4 is 10.5 Å². The lowest BCUT2D eigenvalue weighted by Crippen LogP contribution is -2.13. The Morgan fingerprint density at radius 3 is 2.22 bits per heavy atom. The molecule has 0 saturated heterocycles. The fourth-order valence-corrected chi connectivity index (χ4v) is 1.84. The minimum Gasteiger partial charge on any atom is -0.497 e. The smallest absolute Gasteiger partial charge is 0.123 e. The van der Waals surface area contributed by atoms with Gasteiger partial charge in [-0.15, -0.1) is 0 Å². The standard InChI is InChI=1S/C15H16FNO/c1-18-14-8-4-12(5-9-14)15(17)10-11-2-6-13(16)7-3-11/h2-9,15H,10,17H2,1H3/t15-/m0/s1. The van der Waals surface area contributed by atoms with Crippen LogP contribution in [0.3, 0.4) is 0 Å². The number of nitrogens with two attached hydrogens (primary N) is 1. The van der Waals surface area contributed by atoms with Crippen molar-refractivity contribution in [3.05, 3.63) is 65.5 Å². The topological polar surface area (TPSA) is 35.2 Å². The molecule has 0 aliphatic heterocycles. The maximum atomic E-state index is 12.8. The van der Waals surface area contributed by atoms with Gasteiger partial charge in [-0.1, -0.05) is 24.3 Å². The fraction of sp³-hybridized carbons (Fsp3) is 0.200. The van der Waals surface area contributed by atoms with E-state index in [4.69, 9.17) is 10.5 Å². The summed E-state index contributed by atoms with van der Waals surface area (Å²) in [5.74, 6) is 0.588. The van der Waals surface area contributed by atoms with Crippen molar-refractivity contribution in [1.82, 2.24) is 0 Å². The summed E-state index contributed by atoms with van der Waals surface area (Å²) in [5.41, 5.74) is 8.19. The zero-order valence-electron chi connectivity index (χ0n) is 10.3. The van der Waals surface area contributed by atoms with Crippen LogP contribution in [0.2, 0.25) is 0 Å². The predicted molar refractivity (Wildman–Crippen MR) is 70.0 cm³/mol. The summed E-state index contributed by atoms with van der Waals surface area (Å²) < 4.78 is 17.9. The van der Waals surface area contributed by atoms with Gasteiger partial charge in [0, 0.05) is 6.04 Å². The van der Waals surface area contributed by atoms with Crippen molar-refractivity contribution in [2.24, 2.45) is 5.73 Å². The summed E-state index contributed by atoms with van der Waals surface area (Å²) >= 11 is 0. The van der Waals surface area contributed by atoms with Crippen molar-refractivity contribution >= 4 is 0 Å². The van der Waals surface area contributed by atoms with Gasteiger partial charge >= 0.3 is 0 Å². The van der Waals surface area contributed by atoms with Gasteiger partial charge in [0.25, 0.3) is 0 Å². The second-order valence-corrected chi connectivity index (χ2v) is 4.21. The molecule has 0 unspecified atom stereocenters. The first-order chi connectivity index (χ1) is 8.69. The normalized spacial score (nSPS) is 12.2. The highest BCUT2D eigenvalue weighted by Gasteiger charge is 2.07.